The van der Waals surface area contributed by atoms with Crippen molar-refractivity contribution in [1.82, 2.24) is 0 Å². The summed E-state index contributed by atoms with van der Waals surface area (Å²) in [5.74, 6) is -0.879. The minimum Gasteiger partial charge on any atom is -0.398 e. The zero-order valence-corrected chi connectivity index (χ0v) is 11.2. The molecule has 18 heavy (non-hydrogen) atoms. The van der Waals surface area contributed by atoms with Crippen LogP contribution in [-0.2, 0) is 14.8 Å². The van der Waals surface area contributed by atoms with Crippen LogP contribution in [0.4, 0.5) is 15.8 Å². The average Bonchev–Trinajstić information content (AvgIpc) is 2.30. The van der Waals surface area contributed by atoms with Crippen molar-refractivity contribution in [3.8, 4) is 0 Å². The third kappa shape index (κ3) is 3.85. The van der Waals surface area contributed by atoms with E-state index in [0.29, 0.717) is 17.9 Å². The highest BCUT2D eigenvalue weighted by atomic mass is 32.2. The molecule has 5 nitrogen and oxygen atoms in total. The van der Waals surface area contributed by atoms with E-state index in [1.165, 1.54) is 6.07 Å². The highest BCUT2D eigenvalue weighted by molar-refractivity contribution is 7.92. The molecule has 0 saturated heterocycles. The van der Waals surface area contributed by atoms with Crippen LogP contribution in [0.15, 0.2) is 12.1 Å². The Balaban J connectivity index is 2.87. The van der Waals surface area contributed by atoms with Gasteiger partial charge < -0.3 is 10.5 Å². The first-order valence-corrected chi connectivity index (χ1v) is 7.15. The van der Waals surface area contributed by atoms with E-state index in [4.69, 9.17) is 10.5 Å². The summed E-state index contributed by atoms with van der Waals surface area (Å²) in [6, 6.07) is 2.52. The number of hydrogen-bond acceptors (Lipinski definition) is 4. The zero-order chi connectivity index (χ0) is 13.8. The molecule has 1 rings (SSSR count). The first kappa shape index (κ1) is 14.7. The van der Waals surface area contributed by atoms with Gasteiger partial charge in [0.05, 0.1) is 18.0 Å². The van der Waals surface area contributed by atoms with E-state index in [0.717, 1.165) is 6.07 Å². The molecule has 0 aliphatic rings. The monoisotopic (exact) mass is 276 g/mol. The first-order chi connectivity index (χ1) is 8.37. The van der Waals surface area contributed by atoms with E-state index in [-0.39, 0.29) is 18.0 Å². The van der Waals surface area contributed by atoms with Gasteiger partial charge in [-0.05, 0) is 31.5 Å². The second kappa shape index (κ2) is 6.01. The fourth-order valence-electron chi connectivity index (χ4n) is 1.34. The van der Waals surface area contributed by atoms with Crippen LogP contribution < -0.4 is 10.5 Å². The van der Waals surface area contributed by atoms with Crippen LogP contribution in [0.1, 0.15) is 12.5 Å². The van der Waals surface area contributed by atoms with Crippen LogP contribution in [0.2, 0.25) is 0 Å². The van der Waals surface area contributed by atoms with Gasteiger partial charge in [-0.3, -0.25) is 4.72 Å². The third-order valence-electron chi connectivity index (χ3n) is 2.41. The maximum atomic E-state index is 13.5. The Bertz CT molecular complexity index is 517. The fraction of sp³-hybridized carbons (Fsp3) is 0.455. The molecule has 102 valence electrons. The fourth-order valence-corrected chi connectivity index (χ4v) is 2.34. The number of halogens is 1. The minimum atomic E-state index is -3.64. The Hall–Kier alpha value is -1.34. The van der Waals surface area contributed by atoms with Crippen molar-refractivity contribution in [3.63, 3.8) is 0 Å². The normalized spacial score (nSPS) is 11.5. The Labute approximate surface area is 106 Å². The maximum absolute atomic E-state index is 13.5. The molecule has 0 aliphatic carbocycles. The average molecular weight is 276 g/mol. The molecule has 0 spiro atoms. The van der Waals surface area contributed by atoms with Gasteiger partial charge in [0.25, 0.3) is 0 Å². The second-order valence-corrected chi connectivity index (χ2v) is 5.60. The number of nitrogens with two attached hydrogens (primary N) is 1. The van der Waals surface area contributed by atoms with Gasteiger partial charge in [0.15, 0.2) is 0 Å². The molecule has 7 heteroatoms. The van der Waals surface area contributed by atoms with Gasteiger partial charge in [0.1, 0.15) is 5.82 Å². The lowest BCUT2D eigenvalue weighted by Gasteiger charge is -2.12. The van der Waals surface area contributed by atoms with E-state index in [2.05, 4.69) is 4.72 Å². The molecule has 0 radical (unpaired) electrons. The van der Waals surface area contributed by atoms with Crippen LogP contribution >= 0.6 is 0 Å². The lowest BCUT2D eigenvalue weighted by Crippen LogP contribution is -2.21. The molecule has 0 amide bonds. The molecule has 0 aliphatic heterocycles. The number of hydrogen-bond donors (Lipinski definition) is 2. The largest absolute Gasteiger partial charge is 0.398 e. The van der Waals surface area contributed by atoms with Gasteiger partial charge in [-0.25, -0.2) is 12.8 Å². The van der Waals surface area contributed by atoms with Gasteiger partial charge in [-0.2, -0.15) is 0 Å². The van der Waals surface area contributed by atoms with Crippen molar-refractivity contribution in [1.29, 1.82) is 0 Å². The third-order valence-corrected chi connectivity index (χ3v) is 3.63. The van der Waals surface area contributed by atoms with Crippen LogP contribution in [0, 0.1) is 12.7 Å². The van der Waals surface area contributed by atoms with Gasteiger partial charge in [-0.15, -0.1) is 0 Å². The summed E-state index contributed by atoms with van der Waals surface area (Å²) in [4.78, 5) is 0. The highest BCUT2D eigenvalue weighted by Gasteiger charge is 2.16. The molecule has 3 N–H and O–H groups in total. The molecule has 0 bridgehead atoms. The number of nitrogen functional groups attached to an aromatic ring is 1. The molecular formula is C11H17FN2O3S. The summed E-state index contributed by atoms with van der Waals surface area (Å²) >= 11 is 0. The van der Waals surface area contributed by atoms with Crippen LogP contribution in [0.25, 0.3) is 0 Å². The standard InChI is InChI=1S/C11H17FN2O3S/c1-3-17-6-7-18(15,16)14-11-8(2)10(13)5-4-9(11)12/h4-5,14H,3,6-7,13H2,1-2H3. The molecule has 0 heterocycles. The van der Waals surface area contributed by atoms with Crippen molar-refractivity contribution in [2.75, 3.05) is 29.4 Å². The molecule has 1 aromatic carbocycles. The number of anilines is 2. The van der Waals surface area contributed by atoms with Crippen LogP contribution in [0.3, 0.4) is 0 Å². The number of ether oxygens (including phenoxy) is 1. The quantitative estimate of drug-likeness (QED) is 0.609. The smallest absolute Gasteiger partial charge is 0.235 e. The lowest BCUT2D eigenvalue weighted by molar-refractivity contribution is 0.163. The Morgan fingerprint density at radius 1 is 1.44 bits per heavy atom. The van der Waals surface area contributed by atoms with Gasteiger partial charge >= 0.3 is 0 Å². The summed E-state index contributed by atoms with van der Waals surface area (Å²) in [5.41, 5.74) is 6.20. The van der Waals surface area contributed by atoms with E-state index in [9.17, 15) is 12.8 Å². The van der Waals surface area contributed by atoms with E-state index in [1.807, 2.05) is 0 Å². The predicted octanol–water partition coefficient (Wildman–Crippen LogP) is 1.49. The van der Waals surface area contributed by atoms with Crippen LogP contribution in [-0.4, -0.2) is 27.4 Å². The first-order valence-electron chi connectivity index (χ1n) is 5.50. The summed E-state index contributed by atoms with van der Waals surface area (Å²) in [5, 5.41) is 0. The van der Waals surface area contributed by atoms with Gasteiger partial charge in [0.2, 0.25) is 10.0 Å². The SMILES string of the molecule is CCOCCS(=O)(=O)Nc1c(F)ccc(N)c1C. The molecule has 1 aromatic rings. The van der Waals surface area contributed by atoms with E-state index in [1.54, 1.807) is 13.8 Å². The van der Waals surface area contributed by atoms with Crippen molar-refractivity contribution in [3.05, 3.63) is 23.5 Å². The van der Waals surface area contributed by atoms with Crippen molar-refractivity contribution in [2.45, 2.75) is 13.8 Å². The van der Waals surface area contributed by atoms with Crippen molar-refractivity contribution >= 4 is 21.4 Å². The molecule has 0 saturated carbocycles. The molecule has 0 fully saturated rings. The number of benzene rings is 1. The molecular weight excluding hydrogens is 259 g/mol. The molecule has 0 atom stereocenters. The summed E-state index contributed by atoms with van der Waals surface area (Å²) in [6.45, 7) is 3.82. The maximum Gasteiger partial charge on any atom is 0.235 e. The predicted molar refractivity (Wildman–Crippen MR) is 69.5 cm³/mol. The second-order valence-electron chi connectivity index (χ2n) is 3.75. The summed E-state index contributed by atoms with van der Waals surface area (Å²) in [6.07, 6.45) is 0. The topological polar surface area (TPSA) is 81.4 Å². The van der Waals surface area contributed by atoms with Crippen LogP contribution in [0.5, 0.6) is 0 Å². The summed E-state index contributed by atoms with van der Waals surface area (Å²) < 4.78 is 44.1. The molecule has 0 aromatic heterocycles. The van der Waals surface area contributed by atoms with E-state index < -0.39 is 15.8 Å². The summed E-state index contributed by atoms with van der Waals surface area (Å²) in [7, 11) is -3.64. The van der Waals surface area contributed by atoms with Crippen molar-refractivity contribution in [2.24, 2.45) is 0 Å². The highest BCUT2D eigenvalue weighted by Crippen LogP contribution is 2.25. The van der Waals surface area contributed by atoms with E-state index >= 15 is 0 Å². The minimum absolute atomic E-state index is 0.0643. The Kier molecular flexibility index (Phi) is 4.92. The van der Waals surface area contributed by atoms with Crippen molar-refractivity contribution < 1.29 is 17.5 Å². The molecule has 0 unspecified atom stereocenters. The Morgan fingerprint density at radius 2 is 2.11 bits per heavy atom. The van der Waals surface area contributed by atoms with Gasteiger partial charge in [-0.1, -0.05) is 0 Å². The number of nitrogens with one attached hydrogen (secondary N) is 1. The lowest BCUT2D eigenvalue weighted by atomic mass is 10.1. The van der Waals surface area contributed by atoms with Gasteiger partial charge in [0, 0.05) is 12.3 Å². The number of rotatable bonds is 6. The Morgan fingerprint density at radius 3 is 2.72 bits per heavy atom. The zero-order valence-electron chi connectivity index (χ0n) is 10.4. The number of sulfonamides is 1.